The first kappa shape index (κ1) is 22.2. The predicted molar refractivity (Wildman–Crippen MR) is 121 cm³/mol. The maximum atomic E-state index is 12.4. The van der Waals surface area contributed by atoms with E-state index in [4.69, 9.17) is 0 Å². The number of nitrogens with zero attached hydrogens (tertiary/aromatic N) is 2. The Balaban J connectivity index is 1.43. The lowest BCUT2D eigenvalue weighted by atomic mass is 10.1. The quantitative estimate of drug-likeness (QED) is 0.721. The first-order valence-electron chi connectivity index (χ1n) is 10.4. The third-order valence-corrected chi connectivity index (χ3v) is 5.15. The van der Waals surface area contributed by atoms with Crippen LogP contribution in [0.25, 0.3) is 0 Å². The van der Waals surface area contributed by atoms with E-state index in [2.05, 4.69) is 15.7 Å². The van der Waals surface area contributed by atoms with Gasteiger partial charge in [0.15, 0.2) is 0 Å². The molecule has 7 heteroatoms. The maximum Gasteiger partial charge on any atom is 0.243 e. The lowest BCUT2D eigenvalue weighted by molar-refractivity contribution is -0.133. The highest BCUT2D eigenvalue weighted by atomic mass is 16.2. The van der Waals surface area contributed by atoms with Gasteiger partial charge in [0.25, 0.3) is 0 Å². The van der Waals surface area contributed by atoms with Crippen molar-refractivity contribution in [1.82, 2.24) is 10.3 Å². The van der Waals surface area contributed by atoms with Gasteiger partial charge < -0.3 is 10.6 Å². The first-order valence-corrected chi connectivity index (χ1v) is 10.4. The number of carbonyl (C=O) groups is 3. The topological polar surface area (TPSA) is 90.9 Å². The van der Waals surface area contributed by atoms with Gasteiger partial charge in [-0.05, 0) is 37.5 Å². The van der Waals surface area contributed by atoms with Crippen molar-refractivity contribution >= 4 is 29.1 Å². The molecule has 7 nitrogen and oxygen atoms in total. The fourth-order valence-corrected chi connectivity index (χ4v) is 3.65. The number of amides is 3. The zero-order valence-electron chi connectivity index (χ0n) is 18.2. The van der Waals surface area contributed by atoms with Crippen molar-refractivity contribution in [2.24, 2.45) is 5.10 Å². The molecule has 31 heavy (non-hydrogen) atoms. The van der Waals surface area contributed by atoms with E-state index in [-0.39, 0.29) is 37.1 Å². The summed E-state index contributed by atoms with van der Waals surface area (Å²) < 4.78 is 0. The van der Waals surface area contributed by atoms with Gasteiger partial charge in [0.05, 0.1) is 18.8 Å². The Kier molecular flexibility index (Phi) is 7.18. The minimum Gasteiger partial charge on any atom is -0.347 e. The summed E-state index contributed by atoms with van der Waals surface area (Å²) in [6.07, 6.45) is 0.760. The molecule has 2 N–H and O–H groups in total. The average molecular weight is 421 g/mol. The van der Waals surface area contributed by atoms with Gasteiger partial charge in [0, 0.05) is 24.9 Å². The number of hydrogen-bond acceptors (Lipinski definition) is 4. The average Bonchev–Trinajstić information content (AvgIpc) is 3.24. The van der Waals surface area contributed by atoms with Crippen LogP contribution in [0.4, 0.5) is 5.69 Å². The fourth-order valence-electron chi connectivity index (χ4n) is 3.65. The fraction of sp³-hybridized carbons (Fsp3) is 0.333. The van der Waals surface area contributed by atoms with Crippen LogP contribution in [0.1, 0.15) is 41.5 Å². The second kappa shape index (κ2) is 10.0. The number of nitrogens with one attached hydrogen (secondary N) is 2. The highest BCUT2D eigenvalue weighted by Gasteiger charge is 2.22. The molecule has 0 spiro atoms. The van der Waals surface area contributed by atoms with Crippen LogP contribution in [0.3, 0.4) is 0 Å². The normalized spacial score (nSPS) is 13.0. The minimum atomic E-state index is -0.340. The molecule has 0 saturated heterocycles. The number of hydrazone groups is 1. The van der Waals surface area contributed by atoms with E-state index in [0.717, 1.165) is 33.7 Å². The lowest BCUT2D eigenvalue weighted by Crippen LogP contribution is -2.34. The van der Waals surface area contributed by atoms with Crippen LogP contribution in [0.15, 0.2) is 47.6 Å². The summed E-state index contributed by atoms with van der Waals surface area (Å²) in [5.74, 6) is -0.838. The molecule has 1 heterocycles. The molecule has 0 fully saturated rings. The zero-order valence-corrected chi connectivity index (χ0v) is 18.2. The summed E-state index contributed by atoms with van der Waals surface area (Å²) >= 11 is 0. The van der Waals surface area contributed by atoms with E-state index in [1.54, 1.807) is 0 Å². The van der Waals surface area contributed by atoms with Gasteiger partial charge >= 0.3 is 0 Å². The Hall–Kier alpha value is -3.48. The molecule has 0 bridgehead atoms. The van der Waals surface area contributed by atoms with Crippen LogP contribution in [0, 0.1) is 20.8 Å². The van der Waals surface area contributed by atoms with Crippen LogP contribution in [-0.2, 0) is 14.4 Å². The highest BCUT2D eigenvalue weighted by molar-refractivity contribution is 6.02. The Bertz CT molecular complexity index is 992. The molecule has 0 aliphatic carbocycles. The summed E-state index contributed by atoms with van der Waals surface area (Å²) in [5.41, 5.74) is 5.72. The van der Waals surface area contributed by atoms with Crippen LogP contribution < -0.4 is 10.6 Å². The monoisotopic (exact) mass is 420 g/mol. The molecule has 2 aromatic rings. The van der Waals surface area contributed by atoms with E-state index in [1.165, 1.54) is 5.01 Å². The molecule has 0 aromatic heterocycles. The minimum absolute atomic E-state index is 0.0153. The van der Waals surface area contributed by atoms with Crippen molar-refractivity contribution in [3.8, 4) is 0 Å². The maximum absolute atomic E-state index is 12.4. The molecule has 162 valence electrons. The number of carbonyl (C=O) groups excluding carboxylic acids is 3. The van der Waals surface area contributed by atoms with Gasteiger partial charge in [0.1, 0.15) is 0 Å². The van der Waals surface area contributed by atoms with Crippen LogP contribution in [0.2, 0.25) is 0 Å². The van der Waals surface area contributed by atoms with Gasteiger partial charge in [0.2, 0.25) is 17.7 Å². The molecular formula is C24H28N4O3. The summed E-state index contributed by atoms with van der Waals surface area (Å²) in [7, 11) is 0. The summed E-state index contributed by atoms with van der Waals surface area (Å²) in [6, 6.07) is 13.7. The Morgan fingerprint density at radius 2 is 1.65 bits per heavy atom. The molecule has 0 radical (unpaired) electrons. The van der Waals surface area contributed by atoms with Crippen LogP contribution in [-0.4, -0.2) is 41.5 Å². The van der Waals surface area contributed by atoms with Gasteiger partial charge in [-0.25, -0.2) is 5.01 Å². The van der Waals surface area contributed by atoms with Crippen molar-refractivity contribution < 1.29 is 14.4 Å². The van der Waals surface area contributed by atoms with E-state index in [9.17, 15) is 14.4 Å². The number of rotatable bonds is 7. The van der Waals surface area contributed by atoms with E-state index in [1.807, 2.05) is 63.2 Å². The number of benzene rings is 2. The van der Waals surface area contributed by atoms with Crippen molar-refractivity contribution in [2.45, 2.75) is 40.0 Å². The smallest absolute Gasteiger partial charge is 0.243 e. The van der Waals surface area contributed by atoms with Crippen molar-refractivity contribution in [3.63, 3.8) is 0 Å². The standard InChI is InChI=1S/C24H28N4O3/c1-16-13-17(2)24(18(3)14-16)26-22(30)15-25-21(29)9-10-23(31)28-12-11-20(27-28)19-7-5-4-6-8-19/h4-8,13-14H,9-12,15H2,1-3H3,(H,25,29)(H,26,30). The molecular weight excluding hydrogens is 392 g/mol. The highest BCUT2D eigenvalue weighted by Crippen LogP contribution is 2.21. The third kappa shape index (κ3) is 6.01. The summed E-state index contributed by atoms with van der Waals surface area (Å²) in [6.45, 7) is 6.25. The zero-order chi connectivity index (χ0) is 22.4. The molecule has 2 aromatic carbocycles. The lowest BCUT2D eigenvalue weighted by Gasteiger charge is -2.13. The second-order valence-electron chi connectivity index (χ2n) is 7.78. The van der Waals surface area contributed by atoms with Crippen LogP contribution in [0.5, 0.6) is 0 Å². The largest absolute Gasteiger partial charge is 0.347 e. The summed E-state index contributed by atoms with van der Waals surface area (Å²) in [5, 5.41) is 11.2. The van der Waals surface area contributed by atoms with Gasteiger partial charge in [-0.15, -0.1) is 0 Å². The molecule has 3 rings (SSSR count). The van der Waals surface area contributed by atoms with Gasteiger partial charge in [-0.3, -0.25) is 14.4 Å². The predicted octanol–water partition coefficient (Wildman–Crippen LogP) is 3.08. The Labute approximate surface area is 182 Å². The van der Waals surface area contributed by atoms with Gasteiger partial charge in [-0.2, -0.15) is 5.10 Å². The molecule has 1 aliphatic rings. The summed E-state index contributed by atoms with van der Waals surface area (Å²) in [4.78, 5) is 36.7. The van der Waals surface area contributed by atoms with Crippen molar-refractivity contribution in [3.05, 3.63) is 64.7 Å². The molecule has 0 unspecified atom stereocenters. The molecule has 0 saturated carbocycles. The molecule has 0 atom stereocenters. The SMILES string of the molecule is Cc1cc(C)c(NC(=O)CNC(=O)CCC(=O)N2CCC(c3ccccc3)=N2)c(C)c1. The Morgan fingerprint density at radius 3 is 2.32 bits per heavy atom. The first-order chi connectivity index (χ1) is 14.8. The van der Waals surface area contributed by atoms with Gasteiger partial charge in [-0.1, -0.05) is 48.0 Å². The second-order valence-corrected chi connectivity index (χ2v) is 7.78. The number of aryl methyl sites for hydroxylation is 3. The van der Waals surface area contributed by atoms with E-state index < -0.39 is 0 Å². The van der Waals surface area contributed by atoms with Crippen molar-refractivity contribution in [2.75, 3.05) is 18.4 Å². The van der Waals surface area contributed by atoms with E-state index in [0.29, 0.717) is 13.0 Å². The van der Waals surface area contributed by atoms with Crippen LogP contribution >= 0.6 is 0 Å². The molecule has 3 amide bonds. The van der Waals surface area contributed by atoms with E-state index >= 15 is 0 Å². The van der Waals surface area contributed by atoms with Crippen molar-refractivity contribution in [1.29, 1.82) is 0 Å². The Morgan fingerprint density at radius 1 is 0.968 bits per heavy atom. The molecule has 1 aliphatic heterocycles. The number of hydrogen-bond donors (Lipinski definition) is 2. The number of anilines is 1. The third-order valence-electron chi connectivity index (χ3n) is 5.15.